The van der Waals surface area contributed by atoms with Crippen LogP contribution in [0.2, 0.25) is 0 Å². The molecule has 2 aromatic heterocycles. The SMILES string of the molecule is Cc1cc(/C=N/NC(=O)COc2cccc(Br)c2)c(C)n1-c1ccccn1. The van der Waals surface area contributed by atoms with Gasteiger partial charge in [0.25, 0.3) is 5.91 Å². The summed E-state index contributed by atoms with van der Waals surface area (Å²) in [5.41, 5.74) is 5.42. The van der Waals surface area contributed by atoms with E-state index in [1.165, 1.54) is 0 Å². The number of hydrazone groups is 1. The number of rotatable bonds is 6. The fourth-order valence-corrected chi connectivity index (χ4v) is 3.05. The van der Waals surface area contributed by atoms with E-state index in [0.29, 0.717) is 5.75 Å². The number of benzene rings is 1. The first-order valence-corrected chi connectivity index (χ1v) is 9.14. The molecule has 0 spiro atoms. The Morgan fingerprint density at radius 3 is 2.85 bits per heavy atom. The molecule has 3 aromatic rings. The number of carbonyl (C=O) groups is 1. The largest absolute Gasteiger partial charge is 0.484 e. The molecule has 0 aliphatic carbocycles. The highest BCUT2D eigenvalue weighted by atomic mass is 79.9. The molecule has 1 amide bonds. The second-order valence-corrected chi connectivity index (χ2v) is 6.80. The highest BCUT2D eigenvalue weighted by Gasteiger charge is 2.10. The highest BCUT2D eigenvalue weighted by Crippen LogP contribution is 2.18. The van der Waals surface area contributed by atoms with E-state index in [2.05, 4.69) is 31.4 Å². The quantitative estimate of drug-likeness (QED) is 0.481. The second-order valence-electron chi connectivity index (χ2n) is 5.89. The summed E-state index contributed by atoms with van der Waals surface area (Å²) in [6, 6.07) is 15.1. The molecule has 0 bridgehead atoms. The van der Waals surface area contributed by atoms with Gasteiger partial charge in [0.05, 0.1) is 6.21 Å². The third-order valence-corrected chi connectivity index (χ3v) is 4.40. The van der Waals surface area contributed by atoms with Gasteiger partial charge in [0, 0.05) is 27.6 Å². The molecular formula is C20H19BrN4O2. The van der Waals surface area contributed by atoms with Crippen molar-refractivity contribution in [2.45, 2.75) is 13.8 Å². The fraction of sp³-hybridized carbons (Fsp3) is 0.150. The Bertz CT molecular complexity index is 967. The van der Waals surface area contributed by atoms with Crippen LogP contribution in [0, 0.1) is 13.8 Å². The van der Waals surface area contributed by atoms with Crippen molar-refractivity contribution < 1.29 is 9.53 Å². The standard InChI is InChI=1S/C20H19BrN4O2/c1-14-10-16(15(2)25(14)19-8-3-4-9-22-19)12-23-24-20(26)13-27-18-7-5-6-17(21)11-18/h3-12H,13H2,1-2H3,(H,24,26)/b23-12+. The minimum Gasteiger partial charge on any atom is -0.484 e. The van der Waals surface area contributed by atoms with Gasteiger partial charge in [-0.3, -0.25) is 4.79 Å². The van der Waals surface area contributed by atoms with E-state index in [-0.39, 0.29) is 12.5 Å². The van der Waals surface area contributed by atoms with Crippen LogP contribution in [0.15, 0.2) is 64.3 Å². The smallest absolute Gasteiger partial charge is 0.277 e. The van der Waals surface area contributed by atoms with E-state index < -0.39 is 0 Å². The zero-order valence-electron chi connectivity index (χ0n) is 15.0. The predicted octanol–water partition coefficient (Wildman–Crippen LogP) is 3.78. The number of hydrogen-bond donors (Lipinski definition) is 1. The van der Waals surface area contributed by atoms with Crippen molar-refractivity contribution in [2.24, 2.45) is 5.10 Å². The van der Waals surface area contributed by atoms with Gasteiger partial charge in [0.1, 0.15) is 11.6 Å². The van der Waals surface area contributed by atoms with E-state index in [4.69, 9.17) is 4.74 Å². The Balaban J connectivity index is 1.61. The summed E-state index contributed by atoms with van der Waals surface area (Å²) in [4.78, 5) is 16.3. The van der Waals surface area contributed by atoms with E-state index in [1.54, 1.807) is 24.5 Å². The molecule has 0 aliphatic rings. The lowest BCUT2D eigenvalue weighted by Crippen LogP contribution is -2.24. The van der Waals surface area contributed by atoms with Crippen LogP contribution in [0.3, 0.4) is 0 Å². The van der Waals surface area contributed by atoms with E-state index in [1.807, 2.05) is 54.8 Å². The Kier molecular flexibility index (Phi) is 6.03. The number of nitrogens with one attached hydrogen (secondary N) is 1. The monoisotopic (exact) mass is 426 g/mol. The first-order valence-electron chi connectivity index (χ1n) is 8.35. The number of pyridine rings is 1. The Hall–Kier alpha value is -2.93. The van der Waals surface area contributed by atoms with Crippen LogP contribution in [0.4, 0.5) is 0 Å². The summed E-state index contributed by atoms with van der Waals surface area (Å²) in [7, 11) is 0. The summed E-state index contributed by atoms with van der Waals surface area (Å²) >= 11 is 3.36. The van der Waals surface area contributed by atoms with E-state index in [0.717, 1.165) is 27.2 Å². The lowest BCUT2D eigenvalue weighted by molar-refractivity contribution is -0.123. The minimum absolute atomic E-state index is 0.110. The molecule has 0 aliphatic heterocycles. The number of aromatic nitrogens is 2. The maximum Gasteiger partial charge on any atom is 0.277 e. The second kappa shape index (κ2) is 8.64. The maximum absolute atomic E-state index is 11.9. The Labute approximate surface area is 166 Å². The predicted molar refractivity (Wildman–Crippen MR) is 108 cm³/mol. The topological polar surface area (TPSA) is 68.5 Å². The highest BCUT2D eigenvalue weighted by molar-refractivity contribution is 9.10. The number of nitrogens with zero attached hydrogens (tertiary/aromatic N) is 3. The van der Waals surface area contributed by atoms with Gasteiger partial charge in [0.15, 0.2) is 6.61 Å². The average Bonchev–Trinajstić information content (AvgIpc) is 2.94. The van der Waals surface area contributed by atoms with Gasteiger partial charge < -0.3 is 9.30 Å². The van der Waals surface area contributed by atoms with Crippen molar-refractivity contribution in [2.75, 3.05) is 6.61 Å². The first-order chi connectivity index (χ1) is 13.0. The number of ether oxygens (including phenoxy) is 1. The molecular weight excluding hydrogens is 408 g/mol. The molecule has 2 heterocycles. The molecule has 6 nitrogen and oxygen atoms in total. The lowest BCUT2D eigenvalue weighted by atomic mass is 10.3. The lowest BCUT2D eigenvalue weighted by Gasteiger charge is -2.07. The molecule has 1 aromatic carbocycles. The Morgan fingerprint density at radius 1 is 1.26 bits per heavy atom. The van der Waals surface area contributed by atoms with Gasteiger partial charge in [-0.1, -0.05) is 28.1 Å². The van der Waals surface area contributed by atoms with Gasteiger partial charge in [-0.25, -0.2) is 10.4 Å². The molecule has 1 N–H and O–H groups in total. The molecule has 3 rings (SSSR count). The van der Waals surface area contributed by atoms with Gasteiger partial charge in [0.2, 0.25) is 0 Å². The summed E-state index contributed by atoms with van der Waals surface area (Å²) < 4.78 is 8.36. The van der Waals surface area contributed by atoms with Crippen LogP contribution < -0.4 is 10.2 Å². The van der Waals surface area contributed by atoms with Crippen molar-refractivity contribution >= 4 is 28.1 Å². The molecule has 0 radical (unpaired) electrons. The number of carbonyl (C=O) groups excluding carboxylic acids is 1. The number of amides is 1. The van der Waals surface area contributed by atoms with Crippen molar-refractivity contribution in [3.05, 3.63) is 76.2 Å². The van der Waals surface area contributed by atoms with Crippen LogP contribution in [0.25, 0.3) is 5.82 Å². The van der Waals surface area contributed by atoms with Crippen LogP contribution >= 0.6 is 15.9 Å². The summed E-state index contributed by atoms with van der Waals surface area (Å²) in [5, 5.41) is 4.03. The zero-order valence-corrected chi connectivity index (χ0v) is 16.6. The summed E-state index contributed by atoms with van der Waals surface area (Å²) in [5.74, 6) is 1.13. The molecule has 0 fully saturated rings. The summed E-state index contributed by atoms with van der Waals surface area (Å²) in [6.45, 7) is 3.88. The Morgan fingerprint density at radius 2 is 2.11 bits per heavy atom. The number of aryl methyl sites for hydroxylation is 1. The molecule has 138 valence electrons. The molecule has 0 saturated heterocycles. The zero-order chi connectivity index (χ0) is 19.2. The minimum atomic E-state index is -0.329. The van der Waals surface area contributed by atoms with Crippen LogP contribution in [0.5, 0.6) is 5.75 Å². The van der Waals surface area contributed by atoms with Crippen molar-refractivity contribution in [3.63, 3.8) is 0 Å². The molecule has 0 unspecified atom stereocenters. The van der Waals surface area contributed by atoms with Crippen molar-refractivity contribution in [1.82, 2.24) is 15.0 Å². The molecule has 0 atom stereocenters. The normalized spacial score (nSPS) is 10.9. The number of hydrogen-bond acceptors (Lipinski definition) is 4. The summed E-state index contributed by atoms with van der Waals surface area (Å²) in [6.07, 6.45) is 3.38. The van der Waals surface area contributed by atoms with Gasteiger partial charge in [-0.15, -0.1) is 0 Å². The third-order valence-electron chi connectivity index (χ3n) is 3.91. The molecule has 7 heteroatoms. The van der Waals surface area contributed by atoms with E-state index in [9.17, 15) is 4.79 Å². The van der Waals surface area contributed by atoms with Crippen LogP contribution in [-0.2, 0) is 4.79 Å². The first kappa shape index (κ1) is 18.8. The maximum atomic E-state index is 11.9. The molecule has 27 heavy (non-hydrogen) atoms. The van der Waals surface area contributed by atoms with Gasteiger partial charge in [-0.05, 0) is 50.2 Å². The molecule has 0 saturated carbocycles. The van der Waals surface area contributed by atoms with Crippen molar-refractivity contribution in [1.29, 1.82) is 0 Å². The van der Waals surface area contributed by atoms with Crippen LogP contribution in [-0.4, -0.2) is 28.3 Å². The van der Waals surface area contributed by atoms with Gasteiger partial charge >= 0.3 is 0 Å². The average molecular weight is 427 g/mol. The van der Waals surface area contributed by atoms with Gasteiger partial charge in [-0.2, -0.15) is 5.10 Å². The fourth-order valence-electron chi connectivity index (χ4n) is 2.67. The number of halogens is 1. The third kappa shape index (κ3) is 4.83. The van der Waals surface area contributed by atoms with Crippen LogP contribution in [0.1, 0.15) is 17.0 Å². The van der Waals surface area contributed by atoms with E-state index >= 15 is 0 Å². The van der Waals surface area contributed by atoms with Crippen molar-refractivity contribution in [3.8, 4) is 11.6 Å².